The van der Waals surface area contributed by atoms with Crippen LogP contribution in [0.5, 0.6) is 0 Å². The fourth-order valence-electron chi connectivity index (χ4n) is 2.53. The number of nitrogens with one attached hydrogen (secondary N) is 1. The van der Waals surface area contributed by atoms with Crippen molar-refractivity contribution in [2.75, 3.05) is 6.54 Å². The lowest BCUT2D eigenvalue weighted by Gasteiger charge is -2.12. The van der Waals surface area contributed by atoms with Crippen LogP contribution < -0.4 is 4.72 Å². The van der Waals surface area contributed by atoms with E-state index in [4.69, 9.17) is 5.11 Å². The Hall–Kier alpha value is -2.52. The molecule has 0 bridgehead atoms. The van der Waals surface area contributed by atoms with E-state index in [0.717, 1.165) is 23.8 Å². The molecule has 0 unspecified atom stereocenters. The number of carbonyl (C=O) groups excluding carboxylic acids is 2. The minimum atomic E-state index is -3.79. The molecule has 9 heteroatoms. The third kappa shape index (κ3) is 3.33. The van der Waals surface area contributed by atoms with E-state index in [1.807, 2.05) is 0 Å². The quantitative estimate of drug-likeness (QED) is 0.568. The predicted octanol–water partition coefficient (Wildman–Crippen LogP) is 0.754. The summed E-state index contributed by atoms with van der Waals surface area (Å²) in [6, 6.07) is 3.78. The zero-order chi connectivity index (χ0) is 18.4. The molecular formula is C16H16N2O6S. The SMILES string of the molecule is CC1(NS(=O)(=O)c2ccc3c(c2)C(=O)N(C/C=C/C(=O)O)C3=O)CC1. The first-order valence-corrected chi connectivity index (χ1v) is 9.05. The molecule has 25 heavy (non-hydrogen) atoms. The molecule has 2 amide bonds. The summed E-state index contributed by atoms with van der Waals surface area (Å²) in [5, 5.41) is 8.57. The lowest BCUT2D eigenvalue weighted by molar-refractivity contribution is -0.131. The number of fused-ring (bicyclic) bond motifs is 1. The lowest BCUT2D eigenvalue weighted by Crippen LogP contribution is -2.34. The molecule has 3 rings (SSSR count). The van der Waals surface area contributed by atoms with Gasteiger partial charge in [-0.3, -0.25) is 14.5 Å². The number of imide groups is 1. The maximum atomic E-state index is 12.4. The number of amides is 2. The Morgan fingerprint density at radius 3 is 2.52 bits per heavy atom. The summed E-state index contributed by atoms with van der Waals surface area (Å²) in [6.07, 6.45) is 3.51. The van der Waals surface area contributed by atoms with E-state index in [-0.39, 0.29) is 22.6 Å². The predicted molar refractivity (Wildman–Crippen MR) is 86.5 cm³/mol. The molecule has 1 aliphatic carbocycles. The number of benzene rings is 1. The number of hydrogen-bond donors (Lipinski definition) is 2. The molecule has 1 aliphatic heterocycles. The molecule has 0 radical (unpaired) electrons. The second-order valence-electron chi connectivity index (χ2n) is 6.34. The van der Waals surface area contributed by atoms with E-state index in [1.54, 1.807) is 6.92 Å². The normalized spacial score (nSPS) is 18.7. The number of sulfonamides is 1. The average Bonchev–Trinajstić information content (AvgIpc) is 3.19. The lowest BCUT2D eigenvalue weighted by atomic mass is 10.1. The van der Waals surface area contributed by atoms with Crippen molar-refractivity contribution < 1.29 is 27.9 Å². The zero-order valence-electron chi connectivity index (χ0n) is 13.4. The Morgan fingerprint density at radius 1 is 1.28 bits per heavy atom. The van der Waals surface area contributed by atoms with E-state index in [1.165, 1.54) is 24.3 Å². The molecule has 0 atom stereocenters. The number of hydrogen-bond acceptors (Lipinski definition) is 5. The van der Waals surface area contributed by atoms with Crippen LogP contribution in [-0.4, -0.2) is 48.3 Å². The van der Waals surface area contributed by atoms with Crippen LogP contribution in [0.1, 0.15) is 40.5 Å². The number of rotatable bonds is 6. The van der Waals surface area contributed by atoms with Crippen molar-refractivity contribution in [3.05, 3.63) is 41.5 Å². The van der Waals surface area contributed by atoms with Gasteiger partial charge in [0.2, 0.25) is 10.0 Å². The van der Waals surface area contributed by atoms with Crippen LogP contribution in [0.15, 0.2) is 35.2 Å². The Morgan fingerprint density at radius 2 is 1.92 bits per heavy atom. The van der Waals surface area contributed by atoms with Crippen molar-refractivity contribution in [1.29, 1.82) is 0 Å². The number of carboxylic acids is 1. The molecule has 0 aromatic heterocycles. The highest BCUT2D eigenvalue weighted by atomic mass is 32.2. The summed E-state index contributed by atoms with van der Waals surface area (Å²) in [5.41, 5.74) is -0.353. The van der Waals surface area contributed by atoms with E-state index in [0.29, 0.717) is 0 Å². The average molecular weight is 364 g/mol. The fraction of sp³-hybridized carbons (Fsp3) is 0.312. The van der Waals surface area contributed by atoms with Gasteiger partial charge in [0, 0.05) is 18.2 Å². The summed E-state index contributed by atoms with van der Waals surface area (Å²) in [5.74, 6) is -2.42. The van der Waals surface area contributed by atoms with E-state index in [9.17, 15) is 22.8 Å². The van der Waals surface area contributed by atoms with Crippen LogP contribution in [0.3, 0.4) is 0 Å². The number of carbonyl (C=O) groups is 3. The summed E-state index contributed by atoms with van der Waals surface area (Å²) in [6.45, 7) is 1.60. The van der Waals surface area contributed by atoms with Crippen LogP contribution in [0, 0.1) is 0 Å². The van der Waals surface area contributed by atoms with Crippen molar-refractivity contribution in [2.45, 2.75) is 30.2 Å². The molecule has 1 aromatic carbocycles. The largest absolute Gasteiger partial charge is 0.478 e. The van der Waals surface area contributed by atoms with Gasteiger partial charge >= 0.3 is 5.97 Å². The second kappa shape index (κ2) is 5.78. The summed E-state index contributed by atoms with van der Waals surface area (Å²) >= 11 is 0. The van der Waals surface area contributed by atoms with Crippen molar-refractivity contribution >= 4 is 27.8 Å². The van der Waals surface area contributed by atoms with Crippen LogP contribution in [0.25, 0.3) is 0 Å². The van der Waals surface area contributed by atoms with Gasteiger partial charge in [-0.2, -0.15) is 0 Å². The highest BCUT2D eigenvalue weighted by Crippen LogP contribution is 2.36. The first kappa shape index (κ1) is 17.3. The summed E-state index contributed by atoms with van der Waals surface area (Å²) in [7, 11) is -3.79. The highest BCUT2D eigenvalue weighted by Gasteiger charge is 2.42. The van der Waals surface area contributed by atoms with Crippen molar-refractivity contribution in [3.63, 3.8) is 0 Å². The second-order valence-corrected chi connectivity index (χ2v) is 8.02. The molecule has 1 fully saturated rings. The summed E-state index contributed by atoms with van der Waals surface area (Å²) < 4.78 is 27.4. The molecule has 1 saturated carbocycles. The van der Waals surface area contributed by atoms with Gasteiger partial charge in [-0.15, -0.1) is 0 Å². The Bertz CT molecular complexity index is 915. The minimum Gasteiger partial charge on any atom is -0.478 e. The molecule has 132 valence electrons. The maximum Gasteiger partial charge on any atom is 0.328 e. The third-order valence-corrected chi connectivity index (χ3v) is 5.82. The highest BCUT2D eigenvalue weighted by molar-refractivity contribution is 7.89. The van der Waals surface area contributed by atoms with Gasteiger partial charge in [-0.1, -0.05) is 6.08 Å². The molecule has 1 heterocycles. The third-order valence-electron chi connectivity index (χ3n) is 4.18. The molecule has 2 aliphatic rings. The smallest absolute Gasteiger partial charge is 0.328 e. The Labute approximate surface area is 144 Å². The number of carboxylic acid groups (broad SMARTS) is 1. The van der Waals surface area contributed by atoms with Crippen LogP contribution in [-0.2, 0) is 14.8 Å². The van der Waals surface area contributed by atoms with Gasteiger partial charge in [-0.05, 0) is 38.0 Å². The van der Waals surface area contributed by atoms with Crippen LogP contribution >= 0.6 is 0 Å². The summed E-state index contributed by atoms with van der Waals surface area (Å²) in [4.78, 5) is 35.9. The standard InChI is InChI=1S/C16H16N2O6S/c1-16(6-7-16)17-25(23,24)10-4-5-11-12(9-10)15(22)18(14(11)21)8-2-3-13(19)20/h2-5,9,17H,6-8H2,1H3,(H,19,20)/b3-2+. The molecular weight excluding hydrogens is 348 g/mol. The molecule has 2 N–H and O–H groups in total. The number of nitrogens with zero attached hydrogens (tertiary/aromatic N) is 1. The fourth-order valence-corrected chi connectivity index (χ4v) is 4.03. The van der Waals surface area contributed by atoms with E-state index in [2.05, 4.69) is 4.72 Å². The van der Waals surface area contributed by atoms with Gasteiger partial charge in [0.15, 0.2) is 0 Å². The molecule has 0 saturated heterocycles. The minimum absolute atomic E-state index is 0.00227. The van der Waals surface area contributed by atoms with Crippen molar-refractivity contribution in [1.82, 2.24) is 9.62 Å². The van der Waals surface area contributed by atoms with Crippen LogP contribution in [0.4, 0.5) is 0 Å². The van der Waals surface area contributed by atoms with E-state index >= 15 is 0 Å². The van der Waals surface area contributed by atoms with Crippen molar-refractivity contribution in [2.24, 2.45) is 0 Å². The number of aliphatic carboxylic acids is 1. The Kier molecular flexibility index (Phi) is 4.00. The molecule has 8 nitrogen and oxygen atoms in total. The van der Waals surface area contributed by atoms with Gasteiger partial charge in [-0.25, -0.2) is 17.9 Å². The topological polar surface area (TPSA) is 121 Å². The first-order chi connectivity index (χ1) is 11.6. The van der Waals surface area contributed by atoms with Crippen molar-refractivity contribution in [3.8, 4) is 0 Å². The van der Waals surface area contributed by atoms with Gasteiger partial charge in [0.05, 0.1) is 16.0 Å². The van der Waals surface area contributed by atoms with Gasteiger partial charge in [0.1, 0.15) is 0 Å². The Balaban J connectivity index is 1.87. The molecule has 1 aromatic rings. The monoisotopic (exact) mass is 364 g/mol. The first-order valence-electron chi connectivity index (χ1n) is 7.57. The van der Waals surface area contributed by atoms with E-state index < -0.39 is 33.3 Å². The van der Waals surface area contributed by atoms with Crippen LogP contribution in [0.2, 0.25) is 0 Å². The maximum absolute atomic E-state index is 12.4. The van der Waals surface area contributed by atoms with Gasteiger partial charge < -0.3 is 5.11 Å². The van der Waals surface area contributed by atoms with Gasteiger partial charge in [0.25, 0.3) is 11.8 Å². The molecule has 0 spiro atoms. The zero-order valence-corrected chi connectivity index (χ0v) is 14.2.